The number of nitro groups is 1. The Labute approximate surface area is 282 Å². The SMILES string of the molecule is CCCCOc1nc(C(=O)Nc2ccc(C(=O)OC)nc2OCCCC)ccc1NC(=O)c1ccc([N+](=O)[O-])c(OCc2ccccc2)n1. The van der Waals surface area contributed by atoms with Gasteiger partial charge >= 0.3 is 11.7 Å². The molecule has 0 saturated heterocycles. The Morgan fingerprint density at radius 2 is 1.20 bits per heavy atom. The van der Waals surface area contributed by atoms with Crippen molar-refractivity contribution in [3.63, 3.8) is 0 Å². The zero-order valence-corrected chi connectivity index (χ0v) is 27.3. The fourth-order valence-electron chi connectivity index (χ4n) is 4.17. The second-order valence-electron chi connectivity index (χ2n) is 10.5. The Bertz CT molecular complexity index is 1790. The summed E-state index contributed by atoms with van der Waals surface area (Å²) in [4.78, 5) is 62.3. The molecular formula is C34H36N6O9. The molecule has 0 aliphatic rings. The number of hydrogen-bond donors (Lipinski definition) is 2. The predicted octanol–water partition coefficient (Wildman–Crippen LogP) is 6.01. The van der Waals surface area contributed by atoms with E-state index in [9.17, 15) is 24.5 Å². The number of carbonyl (C=O) groups is 3. The highest BCUT2D eigenvalue weighted by Gasteiger charge is 2.23. The number of esters is 1. The molecule has 0 atom stereocenters. The molecule has 0 spiro atoms. The summed E-state index contributed by atoms with van der Waals surface area (Å²) in [5.41, 5.74) is 0.497. The van der Waals surface area contributed by atoms with Gasteiger partial charge in [0.25, 0.3) is 17.7 Å². The molecule has 3 heterocycles. The summed E-state index contributed by atoms with van der Waals surface area (Å²) in [6.07, 6.45) is 3.07. The van der Waals surface area contributed by atoms with Crippen LogP contribution in [0, 0.1) is 10.1 Å². The average molecular weight is 673 g/mol. The van der Waals surface area contributed by atoms with Gasteiger partial charge in [-0.15, -0.1) is 0 Å². The van der Waals surface area contributed by atoms with Crippen LogP contribution < -0.4 is 24.8 Å². The van der Waals surface area contributed by atoms with Crippen molar-refractivity contribution in [3.8, 4) is 17.6 Å². The van der Waals surface area contributed by atoms with Gasteiger partial charge in [-0.25, -0.2) is 19.7 Å². The van der Waals surface area contributed by atoms with E-state index in [4.69, 9.17) is 18.9 Å². The van der Waals surface area contributed by atoms with Crippen LogP contribution in [-0.4, -0.2) is 58.0 Å². The van der Waals surface area contributed by atoms with Crippen LogP contribution >= 0.6 is 0 Å². The van der Waals surface area contributed by atoms with Crippen LogP contribution in [0.1, 0.15) is 76.6 Å². The molecule has 2 amide bonds. The minimum absolute atomic E-state index is 0.000456. The van der Waals surface area contributed by atoms with Gasteiger partial charge < -0.3 is 29.6 Å². The van der Waals surface area contributed by atoms with Crippen LogP contribution in [0.25, 0.3) is 0 Å². The number of anilines is 2. The second-order valence-corrected chi connectivity index (χ2v) is 10.5. The molecule has 0 unspecified atom stereocenters. The lowest BCUT2D eigenvalue weighted by molar-refractivity contribution is -0.386. The topological polar surface area (TPSA) is 194 Å². The number of nitrogens with zero attached hydrogens (tertiary/aromatic N) is 4. The first-order chi connectivity index (χ1) is 23.7. The van der Waals surface area contributed by atoms with Gasteiger partial charge in [-0.1, -0.05) is 57.0 Å². The van der Waals surface area contributed by atoms with Crippen molar-refractivity contribution >= 4 is 34.8 Å². The standard InChI is InChI=1S/C34H36N6O9/c1-4-6-19-47-31-25(35-30(42)24-17-18-28(40(44)45)33(38-24)49-21-22-11-9-8-10-12-22)14-13-23(37-31)29(41)36-26-15-16-27(34(43)46-3)39-32(26)48-20-7-5-2/h8-18H,4-7,19-21H2,1-3H3,(H,35,42)(H,36,41). The quantitative estimate of drug-likeness (QED) is 0.0575. The van der Waals surface area contributed by atoms with Gasteiger partial charge in [-0.3, -0.25) is 19.7 Å². The van der Waals surface area contributed by atoms with Crippen molar-refractivity contribution in [2.24, 2.45) is 0 Å². The summed E-state index contributed by atoms with van der Waals surface area (Å²) in [7, 11) is 1.23. The minimum atomic E-state index is -0.718. The summed E-state index contributed by atoms with van der Waals surface area (Å²) in [6.45, 7) is 4.52. The third-order valence-electron chi connectivity index (χ3n) is 6.81. The predicted molar refractivity (Wildman–Crippen MR) is 178 cm³/mol. The third-order valence-corrected chi connectivity index (χ3v) is 6.81. The van der Waals surface area contributed by atoms with Crippen molar-refractivity contribution in [2.75, 3.05) is 31.0 Å². The molecular weight excluding hydrogens is 636 g/mol. The monoisotopic (exact) mass is 672 g/mol. The van der Waals surface area contributed by atoms with Crippen LogP contribution in [0.15, 0.2) is 66.7 Å². The zero-order valence-electron chi connectivity index (χ0n) is 27.3. The highest BCUT2D eigenvalue weighted by atomic mass is 16.6. The molecule has 0 bridgehead atoms. The van der Waals surface area contributed by atoms with Gasteiger partial charge in [0.05, 0.1) is 25.2 Å². The number of rotatable bonds is 17. The normalized spacial score (nSPS) is 10.5. The Hall–Kier alpha value is -6.12. The van der Waals surface area contributed by atoms with Crippen molar-refractivity contribution in [3.05, 3.63) is 99.5 Å². The zero-order chi connectivity index (χ0) is 35.2. The number of ether oxygens (including phenoxy) is 4. The van der Waals surface area contributed by atoms with Crippen molar-refractivity contribution in [2.45, 2.75) is 46.1 Å². The summed E-state index contributed by atoms with van der Waals surface area (Å²) in [6, 6.07) is 17.0. The Balaban J connectivity index is 1.56. The third kappa shape index (κ3) is 9.93. The van der Waals surface area contributed by atoms with Gasteiger partial charge in [-0.2, -0.15) is 0 Å². The largest absolute Gasteiger partial charge is 0.476 e. The van der Waals surface area contributed by atoms with E-state index in [1.165, 1.54) is 37.4 Å². The molecule has 4 aromatic rings. The highest BCUT2D eigenvalue weighted by molar-refractivity contribution is 6.06. The maximum Gasteiger partial charge on any atom is 0.356 e. The van der Waals surface area contributed by atoms with Crippen LogP contribution in [0.3, 0.4) is 0 Å². The number of pyridine rings is 3. The Morgan fingerprint density at radius 1 is 0.694 bits per heavy atom. The smallest absolute Gasteiger partial charge is 0.356 e. The molecule has 49 heavy (non-hydrogen) atoms. The fraction of sp³-hybridized carbons (Fsp3) is 0.294. The van der Waals surface area contributed by atoms with E-state index in [2.05, 4.69) is 25.6 Å². The molecule has 15 nitrogen and oxygen atoms in total. The van der Waals surface area contributed by atoms with E-state index >= 15 is 0 Å². The van der Waals surface area contributed by atoms with Gasteiger partial charge in [0.2, 0.25) is 11.8 Å². The lowest BCUT2D eigenvalue weighted by atomic mass is 10.2. The molecule has 15 heteroatoms. The lowest BCUT2D eigenvalue weighted by Gasteiger charge is -2.14. The van der Waals surface area contributed by atoms with E-state index in [0.717, 1.165) is 30.9 Å². The van der Waals surface area contributed by atoms with E-state index in [1.54, 1.807) is 24.3 Å². The number of benzene rings is 1. The van der Waals surface area contributed by atoms with E-state index in [0.29, 0.717) is 13.0 Å². The van der Waals surface area contributed by atoms with Crippen molar-refractivity contribution < 1.29 is 38.3 Å². The first kappa shape index (κ1) is 35.7. The summed E-state index contributed by atoms with van der Waals surface area (Å²) in [5.74, 6) is -2.33. The van der Waals surface area contributed by atoms with E-state index in [1.807, 2.05) is 19.9 Å². The van der Waals surface area contributed by atoms with Gasteiger partial charge in [-0.05, 0) is 48.7 Å². The lowest BCUT2D eigenvalue weighted by Crippen LogP contribution is -2.19. The molecule has 4 rings (SSSR count). The molecule has 3 aromatic heterocycles. The number of carbonyl (C=O) groups excluding carboxylic acids is 3. The maximum atomic E-state index is 13.3. The first-order valence-electron chi connectivity index (χ1n) is 15.5. The summed E-state index contributed by atoms with van der Waals surface area (Å²) in [5, 5.41) is 17.0. The maximum absolute atomic E-state index is 13.3. The number of unbranched alkanes of at least 4 members (excludes halogenated alkanes) is 2. The van der Waals surface area contributed by atoms with Crippen LogP contribution in [0.4, 0.5) is 17.1 Å². The van der Waals surface area contributed by atoms with Gasteiger partial charge in [0.15, 0.2) is 5.69 Å². The first-order valence-corrected chi connectivity index (χ1v) is 15.5. The molecule has 0 radical (unpaired) electrons. The number of nitrogens with one attached hydrogen (secondary N) is 2. The molecule has 1 aromatic carbocycles. The summed E-state index contributed by atoms with van der Waals surface area (Å²) < 4.78 is 21.9. The average Bonchev–Trinajstić information content (AvgIpc) is 3.12. The van der Waals surface area contributed by atoms with Crippen LogP contribution in [-0.2, 0) is 11.3 Å². The van der Waals surface area contributed by atoms with E-state index in [-0.39, 0.29) is 59.3 Å². The van der Waals surface area contributed by atoms with Gasteiger partial charge in [0.1, 0.15) is 29.4 Å². The van der Waals surface area contributed by atoms with Crippen molar-refractivity contribution in [1.82, 2.24) is 15.0 Å². The number of aromatic nitrogens is 3. The molecule has 0 aliphatic carbocycles. The molecule has 0 aliphatic heterocycles. The second kappa shape index (κ2) is 17.7. The molecule has 0 fully saturated rings. The van der Waals surface area contributed by atoms with Crippen molar-refractivity contribution in [1.29, 1.82) is 0 Å². The summed E-state index contributed by atoms with van der Waals surface area (Å²) >= 11 is 0. The minimum Gasteiger partial charge on any atom is -0.476 e. The Morgan fingerprint density at radius 3 is 1.73 bits per heavy atom. The highest BCUT2D eigenvalue weighted by Crippen LogP contribution is 2.29. The molecule has 256 valence electrons. The Kier molecular flexibility index (Phi) is 12.9. The number of methoxy groups -OCH3 is 1. The molecule has 2 N–H and O–H groups in total. The number of hydrogen-bond acceptors (Lipinski definition) is 12. The van der Waals surface area contributed by atoms with Crippen LogP contribution in [0.5, 0.6) is 17.6 Å². The fourth-order valence-corrected chi connectivity index (χ4v) is 4.17. The van der Waals surface area contributed by atoms with Gasteiger partial charge in [0, 0.05) is 6.07 Å². The number of amides is 2. The molecule has 0 saturated carbocycles. The van der Waals surface area contributed by atoms with E-state index < -0.39 is 28.4 Å². The van der Waals surface area contributed by atoms with Crippen LogP contribution in [0.2, 0.25) is 0 Å².